The van der Waals surface area contributed by atoms with Crippen LogP contribution in [0.15, 0.2) is 36.5 Å². The third-order valence-electron chi connectivity index (χ3n) is 9.05. The van der Waals surface area contributed by atoms with Crippen molar-refractivity contribution in [3.8, 4) is 0 Å². The predicted molar refractivity (Wildman–Crippen MR) is 207 cm³/mol. The summed E-state index contributed by atoms with van der Waals surface area (Å²) < 4.78 is 10.6. The molecule has 0 aliphatic carbocycles. The molecule has 0 bridgehead atoms. The van der Waals surface area contributed by atoms with Crippen molar-refractivity contribution in [2.75, 3.05) is 13.2 Å². The van der Waals surface area contributed by atoms with E-state index in [1.807, 2.05) is 18.2 Å². The van der Waals surface area contributed by atoms with E-state index >= 15 is 0 Å². The van der Waals surface area contributed by atoms with Gasteiger partial charge in [-0.05, 0) is 32.1 Å². The molecular formula is C43H78O6. The van der Waals surface area contributed by atoms with Crippen LogP contribution < -0.4 is 0 Å². The third kappa shape index (κ3) is 37.2. The molecule has 0 spiro atoms. The highest BCUT2D eigenvalue weighted by atomic mass is 16.6. The summed E-state index contributed by atoms with van der Waals surface area (Å²) in [5.41, 5.74) is 0. The molecule has 0 saturated heterocycles. The van der Waals surface area contributed by atoms with E-state index in [0.29, 0.717) is 6.42 Å². The van der Waals surface area contributed by atoms with Gasteiger partial charge in [0.25, 0.3) is 0 Å². The standard InChI is InChI=1S/C43H78O6/c1-3-5-7-9-11-12-13-14-15-16-17-18-19-20-21-22-24-28-32-36-42(46)48-39-41(38-44)49-43(47)37-33-29-25-27-31-35-40(45)34-30-26-23-10-8-6-4-2/h6,8,23,26,30,34,40-41,44-45H,3-5,7,9-22,24-25,27-29,31-33,35-39H2,1-2H3/b8-6+,26-23+,34-30+/t40?,41-/m0/s1. The van der Waals surface area contributed by atoms with Gasteiger partial charge in [-0.3, -0.25) is 9.59 Å². The van der Waals surface area contributed by atoms with Gasteiger partial charge in [0.15, 0.2) is 6.10 Å². The first kappa shape index (κ1) is 47.1. The molecule has 0 aromatic heterocycles. The van der Waals surface area contributed by atoms with Crippen molar-refractivity contribution in [1.29, 1.82) is 0 Å². The maximum absolute atomic E-state index is 12.2. The van der Waals surface area contributed by atoms with Crippen molar-refractivity contribution >= 4 is 11.9 Å². The maximum atomic E-state index is 12.2. The van der Waals surface area contributed by atoms with Crippen LogP contribution in [0.5, 0.6) is 0 Å². The normalized spacial score (nSPS) is 13.1. The number of hydrogen-bond donors (Lipinski definition) is 2. The molecule has 0 aromatic rings. The molecule has 2 atom stereocenters. The molecule has 0 radical (unpaired) electrons. The molecule has 286 valence electrons. The van der Waals surface area contributed by atoms with Crippen molar-refractivity contribution in [3.05, 3.63) is 36.5 Å². The minimum Gasteiger partial charge on any atom is -0.462 e. The van der Waals surface area contributed by atoms with Crippen LogP contribution in [0.25, 0.3) is 0 Å². The fourth-order valence-electron chi connectivity index (χ4n) is 5.92. The van der Waals surface area contributed by atoms with Gasteiger partial charge in [0.05, 0.1) is 12.7 Å². The maximum Gasteiger partial charge on any atom is 0.306 e. The number of rotatable bonds is 37. The van der Waals surface area contributed by atoms with Gasteiger partial charge in [0.1, 0.15) is 6.61 Å². The SMILES string of the molecule is CC/C=C/C/C=C/C=C/C(O)CCCCCCCC(=O)O[C@@H](CO)COC(=O)CCCCCCCCCCCCCCCCCCCCC. The molecular weight excluding hydrogens is 612 g/mol. The second-order valence-corrected chi connectivity index (χ2v) is 13.9. The Balaban J connectivity index is 3.59. The van der Waals surface area contributed by atoms with E-state index in [0.717, 1.165) is 70.6 Å². The highest BCUT2D eigenvalue weighted by Crippen LogP contribution is 2.15. The lowest BCUT2D eigenvalue weighted by molar-refractivity contribution is -0.161. The van der Waals surface area contributed by atoms with Crippen LogP contribution >= 0.6 is 0 Å². The summed E-state index contributed by atoms with van der Waals surface area (Å²) in [4.78, 5) is 24.3. The highest BCUT2D eigenvalue weighted by molar-refractivity contribution is 5.70. The van der Waals surface area contributed by atoms with Gasteiger partial charge in [0, 0.05) is 12.8 Å². The zero-order chi connectivity index (χ0) is 35.9. The number of aliphatic hydroxyl groups is 2. The van der Waals surface area contributed by atoms with Gasteiger partial charge in [0.2, 0.25) is 0 Å². The van der Waals surface area contributed by atoms with Crippen LogP contribution in [0.4, 0.5) is 0 Å². The summed E-state index contributed by atoms with van der Waals surface area (Å²) in [5.74, 6) is -0.661. The van der Waals surface area contributed by atoms with Crippen LogP contribution in [0.1, 0.15) is 200 Å². The van der Waals surface area contributed by atoms with Gasteiger partial charge < -0.3 is 19.7 Å². The third-order valence-corrected chi connectivity index (χ3v) is 9.05. The molecule has 2 N–H and O–H groups in total. The van der Waals surface area contributed by atoms with Gasteiger partial charge in [-0.15, -0.1) is 0 Å². The molecule has 0 aliphatic heterocycles. The smallest absolute Gasteiger partial charge is 0.306 e. The summed E-state index contributed by atoms with van der Waals surface area (Å²) in [6, 6.07) is 0. The number of carbonyl (C=O) groups is 2. The van der Waals surface area contributed by atoms with Gasteiger partial charge in [-0.25, -0.2) is 0 Å². The predicted octanol–water partition coefficient (Wildman–Crippen LogP) is 11.8. The van der Waals surface area contributed by atoms with Crippen LogP contribution in [0.3, 0.4) is 0 Å². The quantitative estimate of drug-likeness (QED) is 0.0292. The zero-order valence-electron chi connectivity index (χ0n) is 32.1. The molecule has 0 amide bonds. The van der Waals surface area contributed by atoms with Crippen LogP contribution in [0, 0.1) is 0 Å². The lowest BCUT2D eigenvalue weighted by Gasteiger charge is -2.15. The highest BCUT2D eigenvalue weighted by Gasteiger charge is 2.16. The summed E-state index contributed by atoms with van der Waals surface area (Å²) >= 11 is 0. The molecule has 49 heavy (non-hydrogen) atoms. The van der Waals surface area contributed by atoms with Crippen LogP contribution in [0.2, 0.25) is 0 Å². The average molecular weight is 691 g/mol. The van der Waals surface area contributed by atoms with E-state index in [4.69, 9.17) is 9.47 Å². The van der Waals surface area contributed by atoms with E-state index < -0.39 is 12.2 Å². The Kier molecular flexibility index (Phi) is 37.4. The number of aliphatic hydroxyl groups excluding tert-OH is 2. The lowest BCUT2D eigenvalue weighted by Crippen LogP contribution is -2.28. The topological polar surface area (TPSA) is 93.1 Å². The zero-order valence-corrected chi connectivity index (χ0v) is 32.1. The van der Waals surface area contributed by atoms with E-state index in [9.17, 15) is 19.8 Å². The Morgan fingerprint density at radius 3 is 1.53 bits per heavy atom. The average Bonchev–Trinajstić information content (AvgIpc) is 3.10. The van der Waals surface area contributed by atoms with Crippen molar-refractivity contribution in [1.82, 2.24) is 0 Å². The van der Waals surface area contributed by atoms with E-state index in [-0.39, 0.29) is 31.6 Å². The number of ether oxygens (including phenoxy) is 2. The molecule has 0 aromatic carbocycles. The molecule has 0 fully saturated rings. The second-order valence-electron chi connectivity index (χ2n) is 13.9. The van der Waals surface area contributed by atoms with Gasteiger partial charge >= 0.3 is 11.9 Å². The van der Waals surface area contributed by atoms with E-state index in [2.05, 4.69) is 32.1 Å². The first-order chi connectivity index (χ1) is 24.0. The molecule has 1 unspecified atom stereocenters. The molecule has 0 rings (SSSR count). The van der Waals surface area contributed by atoms with Crippen molar-refractivity contribution < 1.29 is 29.3 Å². The largest absolute Gasteiger partial charge is 0.462 e. The number of allylic oxidation sites excluding steroid dienone is 5. The minimum absolute atomic E-state index is 0.0946. The first-order valence-electron chi connectivity index (χ1n) is 20.7. The lowest BCUT2D eigenvalue weighted by atomic mass is 10.0. The van der Waals surface area contributed by atoms with Gasteiger partial charge in [-0.2, -0.15) is 0 Å². The number of esters is 2. The Morgan fingerprint density at radius 1 is 0.571 bits per heavy atom. The van der Waals surface area contributed by atoms with Crippen molar-refractivity contribution in [3.63, 3.8) is 0 Å². The summed E-state index contributed by atoms with van der Waals surface area (Å²) in [5, 5.41) is 19.6. The number of hydrogen-bond acceptors (Lipinski definition) is 6. The Morgan fingerprint density at radius 2 is 1.04 bits per heavy atom. The summed E-state index contributed by atoms with van der Waals surface area (Å²) in [7, 11) is 0. The fourth-order valence-corrected chi connectivity index (χ4v) is 5.92. The summed E-state index contributed by atoms with van der Waals surface area (Å²) in [6.45, 7) is 3.94. The van der Waals surface area contributed by atoms with Crippen molar-refractivity contribution in [2.45, 2.75) is 212 Å². The molecule has 0 aliphatic rings. The Bertz CT molecular complexity index is 804. The van der Waals surface area contributed by atoms with Crippen LogP contribution in [-0.2, 0) is 19.1 Å². The van der Waals surface area contributed by atoms with Crippen molar-refractivity contribution in [2.24, 2.45) is 0 Å². The van der Waals surface area contributed by atoms with E-state index in [1.165, 1.54) is 103 Å². The Hall–Kier alpha value is -1.92. The van der Waals surface area contributed by atoms with E-state index in [1.54, 1.807) is 0 Å². The number of carbonyl (C=O) groups excluding carboxylic acids is 2. The molecule has 6 heteroatoms. The molecule has 0 saturated carbocycles. The van der Waals surface area contributed by atoms with Gasteiger partial charge in [-0.1, -0.05) is 192 Å². The van der Waals surface area contributed by atoms with Crippen LogP contribution in [-0.4, -0.2) is 47.6 Å². The first-order valence-corrected chi connectivity index (χ1v) is 20.7. The summed E-state index contributed by atoms with van der Waals surface area (Å²) in [6.07, 6.45) is 43.8. The minimum atomic E-state index is -0.807. The molecule has 6 nitrogen and oxygen atoms in total. The second kappa shape index (κ2) is 38.9. The fraction of sp³-hybridized carbons (Fsp3) is 0.814. The molecule has 0 heterocycles. The monoisotopic (exact) mass is 691 g/mol. The number of unbranched alkanes of at least 4 members (excludes halogenated alkanes) is 22. The Labute approximate surface area is 302 Å².